The number of ether oxygens (including phenoxy) is 2. The van der Waals surface area contributed by atoms with E-state index in [0.29, 0.717) is 30.5 Å². The molecule has 1 atom stereocenters. The van der Waals surface area contributed by atoms with E-state index in [-0.39, 0.29) is 6.61 Å². The van der Waals surface area contributed by atoms with Gasteiger partial charge in [0.05, 0.1) is 15.9 Å². The summed E-state index contributed by atoms with van der Waals surface area (Å²) in [7, 11) is 0. The Morgan fingerprint density at radius 2 is 1.92 bits per heavy atom. The van der Waals surface area contributed by atoms with E-state index in [0.717, 1.165) is 22.3 Å². The van der Waals surface area contributed by atoms with E-state index < -0.39 is 6.10 Å². The number of hydrogen-bond acceptors (Lipinski definition) is 4. The Morgan fingerprint density at radius 3 is 2.73 bits per heavy atom. The van der Waals surface area contributed by atoms with Crippen molar-refractivity contribution in [3.8, 4) is 11.5 Å². The maximum atomic E-state index is 10.1. The monoisotopic (exact) mass is 374 g/mol. The number of aromatic nitrogens is 1. The molecular weight excluding hydrogens is 352 g/mol. The molecule has 138 valence electrons. The standard InChI is InChI=1S/C20H23ClN2O3/c1-14-20(21)19-17(23-14)8-5-9-18(19)26-13-15(24)12-22-10-11-25-16-6-3-2-4-7-16/h2-9,15,22-24H,10-13H2,1H3. The number of fused-ring (bicyclic) bond motifs is 1. The van der Waals surface area contributed by atoms with E-state index in [1.54, 1.807) is 0 Å². The average molecular weight is 375 g/mol. The highest BCUT2D eigenvalue weighted by atomic mass is 35.5. The van der Waals surface area contributed by atoms with Gasteiger partial charge in [-0.2, -0.15) is 0 Å². The van der Waals surface area contributed by atoms with Crippen LogP contribution in [0.2, 0.25) is 5.02 Å². The highest BCUT2D eigenvalue weighted by molar-refractivity contribution is 6.37. The maximum absolute atomic E-state index is 10.1. The molecule has 3 rings (SSSR count). The van der Waals surface area contributed by atoms with Crippen LogP contribution in [0.1, 0.15) is 5.69 Å². The quantitative estimate of drug-likeness (QED) is 0.501. The van der Waals surface area contributed by atoms with Crippen LogP contribution in [0, 0.1) is 6.92 Å². The Balaban J connectivity index is 1.41. The van der Waals surface area contributed by atoms with Crippen molar-refractivity contribution in [3.63, 3.8) is 0 Å². The Bertz CT molecular complexity index is 836. The molecule has 3 aromatic rings. The summed E-state index contributed by atoms with van der Waals surface area (Å²) < 4.78 is 11.4. The second-order valence-electron chi connectivity index (χ2n) is 6.07. The Hall–Kier alpha value is -2.21. The molecule has 6 heteroatoms. The van der Waals surface area contributed by atoms with Crippen LogP contribution in [0.5, 0.6) is 11.5 Å². The molecule has 0 amide bonds. The van der Waals surface area contributed by atoms with Gasteiger partial charge in [0.1, 0.15) is 30.8 Å². The van der Waals surface area contributed by atoms with Crippen molar-refractivity contribution in [2.75, 3.05) is 26.3 Å². The molecule has 1 heterocycles. The number of aliphatic hydroxyl groups excluding tert-OH is 1. The van der Waals surface area contributed by atoms with Crippen LogP contribution in [0.25, 0.3) is 10.9 Å². The molecule has 0 bridgehead atoms. The zero-order valence-corrected chi connectivity index (χ0v) is 15.4. The first-order chi connectivity index (χ1) is 12.6. The van der Waals surface area contributed by atoms with E-state index in [2.05, 4.69) is 10.3 Å². The maximum Gasteiger partial charge on any atom is 0.130 e. The number of aromatic amines is 1. The summed E-state index contributed by atoms with van der Waals surface area (Å²) in [5.41, 5.74) is 1.83. The highest BCUT2D eigenvalue weighted by Gasteiger charge is 2.13. The molecule has 0 spiro atoms. The third kappa shape index (κ3) is 4.69. The average Bonchev–Trinajstić information content (AvgIpc) is 2.95. The Morgan fingerprint density at radius 1 is 1.12 bits per heavy atom. The van der Waals surface area contributed by atoms with Crippen molar-refractivity contribution >= 4 is 22.5 Å². The minimum atomic E-state index is -0.624. The van der Waals surface area contributed by atoms with Crippen molar-refractivity contribution in [2.24, 2.45) is 0 Å². The molecule has 0 radical (unpaired) electrons. The fourth-order valence-electron chi connectivity index (χ4n) is 2.70. The van der Waals surface area contributed by atoms with E-state index >= 15 is 0 Å². The van der Waals surface area contributed by atoms with Crippen LogP contribution in [0.4, 0.5) is 0 Å². The van der Waals surface area contributed by atoms with Crippen molar-refractivity contribution in [3.05, 3.63) is 59.2 Å². The second kappa shape index (κ2) is 8.94. The van der Waals surface area contributed by atoms with Crippen LogP contribution in [0.3, 0.4) is 0 Å². The number of para-hydroxylation sites is 1. The summed E-state index contributed by atoms with van der Waals surface area (Å²) in [6, 6.07) is 15.3. The number of aliphatic hydroxyl groups is 1. The number of aryl methyl sites for hydroxylation is 1. The predicted octanol–water partition coefficient (Wildman–Crippen LogP) is 3.54. The number of hydrogen-bond donors (Lipinski definition) is 3. The van der Waals surface area contributed by atoms with Gasteiger partial charge in [-0.05, 0) is 31.2 Å². The summed E-state index contributed by atoms with van der Waals surface area (Å²) in [5.74, 6) is 1.51. The largest absolute Gasteiger partial charge is 0.492 e. The first kappa shape index (κ1) is 18.6. The van der Waals surface area contributed by atoms with Crippen molar-refractivity contribution in [1.82, 2.24) is 10.3 Å². The summed E-state index contributed by atoms with van der Waals surface area (Å²) in [6.45, 7) is 3.71. The van der Waals surface area contributed by atoms with Crippen molar-refractivity contribution in [2.45, 2.75) is 13.0 Å². The summed E-state index contributed by atoms with van der Waals surface area (Å²) >= 11 is 6.33. The fourth-order valence-corrected chi connectivity index (χ4v) is 2.94. The van der Waals surface area contributed by atoms with E-state index in [1.165, 1.54) is 0 Å². The lowest BCUT2D eigenvalue weighted by Crippen LogP contribution is -2.33. The topological polar surface area (TPSA) is 66.5 Å². The van der Waals surface area contributed by atoms with Crippen LogP contribution in [-0.2, 0) is 0 Å². The molecule has 26 heavy (non-hydrogen) atoms. The molecule has 0 saturated carbocycles. The second-order valence-corrected chi connectivity index (χ2v) is 6.45. The molecule has 3 N–H and O–H groups in total. The fraction of sp³-hybridized carbons (Fsp3) is 0.300. The van der Waals surface area contributed by atoms with E-state index in [4.69, 9.17) is 21.1 Å². The van der Waals surface area contributed by atoms with Gasteiger partial charge in [0, 0.05) is 18.8 Å². The zero-order chi connectivity index (χ0) is 18.4. The van der Waals surface area contributed by atoms with Gasteiger partial charge < -0.3 is 24.9 Å². The number of rotatable bonds is 9. The minimum Gasteiger partial charge on any atom is -0.492 e. The minimum absolute atomic E-state index is 0.187. The van der Waals surface area contributed by atoms with Gasteiger partial charge in [0.25, 0.3) is 0 Å². The van der Waals surface area contributed by atoms with E-state index in [9.17, 15) is 5.11 Å². The molecule has 1 unspecified atom stereocenters. The zero-order valence-electron chi connectivity index (χ0n) is 14.7. The summed E-state index contributed by atoms with van der Waals surface area (Å²) in [4.78, 5) is 3.22. The van der Waals surface area contributed by atoms with Gasteiger partial charge in [0.2, 0.25) is 0 Å². The van der Waals surface area contributed by atoms with Crippen LogP contribution < -0.4 is 14.8 Å². The van der Waals surface area contributed by atoms with Crippen LogP contribution in [-0.4, -0.2) is 42.5 Å². The van der Waals surface area contributed by atoms with Gasteiger partial charge in [0.15, 0.2) is 0 Å². The molecule has 0 saturated heterocycles. The third-order valence-electron chi connectivity index (χ3n) is 4.00. The number of nitrogens with one attached hydrogen (secondary N) is 2. The molecule has 0 aliphatic heterocycles. The number of H-pyrrole nitrogens is 1. The first-order valence-corrected chi connectivity index (χ1v) is 8.99. The van der Waals surface area contributed by atoms with Crippen molar-refractivity contribution in [1.29, 1.82) is 0 Å². The number of halogens is 1. The van der Waals surface area contributed by atoms with Gasteiger partial charge in [-0.1, -0.05) is 35.9 Å². The summed E-state index contributed by atoms with van der Waals surface area (Å²) in [5, 5.41) is 14.8. The smallest absolute Gasteiger partial charge is 0.130 e. The molecule has 1 aromatic heterocycles. The Kier molecular flexibility index (Phi) is 6.39. The molecule has 0 aliphatic carbocycles. The van der Waals surface area contributed by atoms with Gasteiger partial charge in [-0.25, -0.2) is 0 Å². The van der Waals surface area contributed by atoms with Crippen LogP contribution >= 0.6 is 11.6 Å². The predicted molar refractivity (Wildman–Crippen MR) is 104 cm³/mol. The third-order valence-corrected chi connectivity index (χ3v) is 4.47. The first-order valence-electron chi connectivity index (χ1n) is 8.61. The Labute approximate surface area is 157 Å². The number of benzene rings is 2. The molecular formula is C20H23ClN2O3. The molecule has 0 aliphatic rings. The normalized spacial score (nSPS) is 12.3. The highest BCUT2D eigenvalue weighted by Crippen LogP contribution is 2.34. The lowest BCUT2D eigenvalue weighted by molar-refractivity contribution is 0.106. The van der Waals surface area contributed by atoms with Gasteiger partial charge >= 0.3 is 0 Å². The van der Waals surface area contributed by atoms with Crippen LogP contribution in [0.15, 0.2) is 48.5 Å². The lowest BCUT2D eigenvalue weighted by Gasteiger charge is -2.14. The van der Waals surface area contributed by atoms with Crippen molar-refractivity contribution < 1.29 is 14.6 Å². The lowest BCUT2D eigenvalue weighted by atomic mass is 10.2. The van der Waals surface area contributed by atoms with E-state index in [1.807, 2.05) is 55.5 Å². The van der Waals surface area contributed by atoms with Gasteiger partial charge in [-0.15, -0.1) is 0 Å². The van der Waals surface area contributed by atoms with Gasteiger partial charge in [-0.3, -0.25) is 0 Å². The SMILES string of the molecule is Cc1[nH]c2cccc(OCC(O)CNCCOc3ccccc3)c2c1Cl. The molecule has 2 aromatic carbocycles. The molecule has 0 fully saturated rings. The molecule has 5 nitrogen and oxygen atoms in total. The summed E-state index contributed by atoms with van der Waals surface area (Å²) in [6.07, 6.45) is -0.624.